The van der Waals surface area contributed by atoms with Gasteiger partial charge in [-0.3, -0.25) is 9.78 Å². The monoisotopic (exact) mass is 550 g/mol. The highest BCUT2D eigenvalue weighted by Gasteiger charge is 2.35. The van der Waals surface area contributed by atoms with Gasteiger partial charge in [-0.15, -0.1) is 0 Å². The molecule has 0 unspecified atom stereocenters. The number of hydrogen-bond donors (Lipinski definition) is 0. The fourth-order valence-electron chi connectivity index (χ4n) is 3.33. The number of esters is 1. The van der Waals surface area contributed by atoms with Crippen LogP contribution in [0.15, 0.2) is 42.9 Å². The maximum absolute atomic E-state index is 13.4. The van der Waals surface area contributed by atoms with Gasteiger partial charge in [0.05, 0.1) is 18.2 Å². The number of methoxy groups -OCH3 is 1. The number of hydrogen-bond acceptors (Lipinski definition) is 7. The van der Waals surface area contributed by atoms with Crippen LogP contribution in [0.1, 0.15) is 19.5 Å². The van der Waals surface area contributed by atoms with Crippen molar-refractivity contribution in [2.75, 3.05) is 20.3 Å². The summed E-state index contributed by atoms with van der Waals surface area (Å²) in [4.78, 5) is 24.3. The minimum absolute atomic E-state index is 0.0389. The molecule has 0 saturated carbocycles. The Bertz CT molecular complexity index is 1220. The van der Waals surface area contributed by atoms with E-state index in [-0.39, 0.29) is 25.1 Å². The molecule has 0 bridgehead atoms. The van der Waals surface area contributed by atoms with Gasteiger partial charge in [0, 0.05) is 50.5 Å². The van der Waals surface area contributed by atoms with Crippen molar-refractivity contribution in [3.05, 3.63) is 48.5 Å². The molecule has 3 aromatic rings. The summed E-state index contributed by atoms with van der Waals surface area (Å²) in [6.07, 6.45) is -0.577. The molecule has 3 rings (SSSR count). The predicted molar refractivity (Wildman–Crippen MR) is 139 cm³/mol. The Morgan fingerprint density at radius 3 is 2.26 bits per heavy atom. The van der Waals surface area contributed by atoms with Crippen LogP contribution in [0.4, 0.5) is 13.2 Å². The van der Waals surface area contributed by atoms with Crippen LogP contribution < -0.4 is 4.74 Å². The average molecular weight is 551 g/mol. The molecule has 0 atom stereocenters. The van der Waals surface area contributed by atoms with Gasteiger partial charge in [-0.05, 0) is 38.1 Å². The Morgan fingerprint density at radius 2 is 1.71 bits per heavy atom. The molecule has 3 heterocycles. The van der Waals surface area contributed by atoms with Crippen LogP contribution in [-0.4, -0.2) is 53.9 Å². The molecule has 0 aliphatic rings. The number of carbonyl (C=O) groups excluding carboxylic acids is 1. The zero-order chi connectivity index (χ0) is 28.1. The van der Waals surface area contributed by atoms with Crippen molar-refractivity contribution in [3.8, 4) is 28.5 Å². The zero-order valence-corrected chi connectivity index (χ0v) is 23.4. The van der Waals surface area contributed by atoms with E-state index in [0.717, 1.165) is 12.2 Å². The second-order valence-electron chi connectivity index (χ2n) is 10.7. The molecule has 0 aliphatic heterocycles. The summed E-state index contributed by atoms with van der Waals surface area (Å²) in [5.74, 6) is 0.0668. The van der Waals surface area contributed by atoms with Crippen LogP contribution in [0.25, 0.3) is 22.6 Å². The van der Waals surface area contributed by atoms with E-state index in [0.29, 0.717) is 29.3 Å². The normalized spacial score (nSPS) is 12.4. The number of ether oxygens (including phenoxy) is 3. The average Bonchev–Trinajstić information content (AvgIpc) is 3.30. The number of aromatic nitrogens is 4. The number of alkyl halides is 3. The van der Waals surface area contributed by atoms with Gasteiger partial charge < -0.3 is 18.8 Å². The van der Waals surface area contributed by atoms with Crippen molar-refractivity contribution in [3.63, 3.8) is 0 Å². The second kappa shape index (κ2) is 11.6. The van der Waals surface area contributed by atoms with E-state index in [1.807, 2.05) is 0 Å². The summed E-state index contributed by atoms with van der Waals surface area (Å²) in [6, 6.07) is 7.65. The van der Waals surface area contributed by atoms with Crippen molar-refractivity contribution in [1.82, 2.24) is 19.5 Å². The minimum atomic E-state index is -4.58. The predicted octanol–water partition coefficient (Wildman–Crippen LogP) is 5.92. The van der Waals surface area contributed by atoms with E-state index in [4.69, 9.17) is 14.2 Å². The zero-order valence-electron chi connectivity index (χ0n) is 22.4. The maximum Gasteiger partial charge on any atom is 0.434 e. The van der Waals surface area contributed by atoms with E-state index in [2.05, 4.69) is 34.6 Å². The van der Waals surface area contributed by atoms with Gasteiger partial charge in [0.2, 0.25) is 5.88 Å². The van der Waals surface area contributed by atoms with Gasteiger partial charge in [0.25, 0.3) is 0 Å². The lowest BCUT2D eigenvalue weighted by atomic mass is 9.95. The maximum atomic E-state index is 13.4. The largest absolute Gasteiger partial charge is 0.476 e. The molecule has 38 heavy (non-hydrogen) atoms. The topological polar surface area (TPSA) is 88.4 Å². The van der Waals surface area contributed by atoms with Crippen molar-refractivity contribution >= 4 is 14.0 Å². The van der Waals surface area contributed by atoms with Crippen molar-refractivity contribution in [2.24, 2.45) is 5.41 Å². The van der Waals surface area contributed by atoms with E-state index in [1.165, 1.54) is 17.9 Å². The molecule has 0 aromatic carbocycles. The van der Waals surface area contributed by atoms with Crippen LogP contribution in [0, 0.1) is 5.41 Å². The molecular weight excluding hydrogens is 517 g/mol. The van der Waals surface area contributed by atoms with E-state index < -0.39 is 25.4 Å². The van der Waals surface area contributed by atoms with Crippen LogP contribution in [0.2, 0.25) is 25.7 Å². The van der Waals surface area contributed by atoms with Gasteiger partial charge in [-0.25, -0.2) is 9.97 Å². The highest BCUT2D eigenvalue weighted by molar-refractivity contribution is 6.76. The summed E-state index contributed by atoms with van der Waals surface area (Å²) < 4.78 is 57.5. The summed E-state index contributed by atoms with van der Waals surface area (Å²) in [5.41, 5.74) is -0.131. The fourth-order valence-corrected chi connectivity index (χ4v) is 4.08. The standard InChI is InChI=1S/C26H33F3N4O4Si/c1-25(2,24(34)35-3)16-37-22-10-8-18(13-31-22)20-9-7-19(14-30-20)23-32-21(26(27,28)29)15-33(23)17-36-11-12-38(4,5)6/h7-10,13-15H,11-12,16-17H2,1-6H3. The summed E-state index contributed by atoms with van der Waals surface area (Å²) in [7, 11) is -0.0102. The first-order valence-corrected chi connectivity index (χ1v) is 15.8. The highest BCUT2D eigenvalue weighted by atomic mass is 28.3. The smallest absolute Gasteiger partial charge is 0.434 e. The van der Waals surface area contributed by atoms with E-state index in [1.54, 1.807) is 44.3 Å². The third-order valence-corrected chi connectivity index (χ3v) is 7.37. The Labute approximate surface area is 221 Å². The lowest BCUT2D eigenvalue weighted by molar-refractivity contribution is -0.152. The van der Waals surface area contributed by atoms with Gasteiger partial charge in [0.15, 0.2) is 5.69 Å². The first kappa shape index (κ1) is 29.3. The second-order valence-corrected chi connectivity index (χ2v) is 16.4. The third-order valence-electron chi connectivity index (χ3n) is 5.67. The number of imidazole rings is 1. The quantitative estimate of drug-likeness (QED) is 0.166. The first-order valence-electron chi connectivity index (χ1n) is 12.1. The van der Waals surface area contributed by atoms with Gasteiger partial charge in [0.1, 0.15) is 19.2 Å². The molecule has 12 heteroatoms. The third kappa shape index (κ3) is 7.87. The highest BCUT2D eigenvalue weighted by Crippen LogP contribution is 2.31. The number of carbonyl (C=O) groups is 1. The number of nitrogens with zero attached hydrogens (tertiary/aromatic N) is 4. The molecule has 0 aliphatic carbocycles. The molecule has 8 nitrogen and oxygen atoms in total. The van der Waals surface area contributed by atoms with E-state index >= 15 is 0 Å². The number of pyridine rings is 2. The number of halogens is 3. The number of rotatable bonds is 11. The molecule has 3 aromatic heterocycles. The Morgan fingerprint density at radius 1 is 1.03 bits per heavy atom. The van der Waals surface area contributed by atoms with Crippen molar-refractivity contribution < 1.29 is 32.2 Å². The van der Waals surface area contributed by atoms with E-state index in [9.17, 15) is 18.0 Å². The SMILES string of the molecule is COC(=O)C(C)(C)COc1ccc(-c2ccc(-c3nc(C(F)(F)F)cn3COCC[Si](C)(C)C)cn2)cn1. The lowest BCUT2D eigenvalue weighted by Gasteiger charge is -2.21. The van der Waals surface area contributed by atoms with Crippen LogP contribution in [-0.2, 0) is 27.2 Å². The molecule has 0 amide bonds. The molecule has 0 spiro atoms. The summed E-state index contributed by atoms with van der Waals surface area (Å²) in [6.45, 7) is 10.6. The Hall–Kier alpha value is -3.25. The Balaban J connectivity index is 1.74. The Kier molecular flexibility index (Phi) is 8.98. The van der Waals surface area contributed by atoms with Crippen molar-refractivity contribution in [1.29, 1.82) is 0 Å². The van der Waals surface area contributed by atoms with Gasteiger partial charge in [-0.2, -0.15) is 13.2 Å². The van der Waals surface area contributed by atoms with Gasteiger partial charge >= 0.3 is 12.1 Å². The van der Waals surface area contributed by atoms with Crippen LogP contribution in [0.3, 0.4) is 0 Å². The lowest BCUT2D eigenvalue weighted by Crippen LogP contribution is -2.32. The minimum Gasteiger partial charge on any atom is -0.476 e. The molecule has 0 fully saturated rings. The van der Waals surface area contributed by atoms with Crippen LogP contribution >= 0.6 is 0 Å². The summed E-state index contributed by atoms with van der Waals surface area (Å²) in [5, 5.41) is 0. The molecule has 0 N–H and O–H groups in total. The fraction of sp³-hybridized carbons (Fsp3) is 0.462. The molecule has 0 saturated heterocycles. The first-order chi connectivity index (χ1) is 17.7. The molecular formula is C26H33F3N4O4Si. The van der Waals surface area contributed by atoms with Crippen LogP contribution in [0.5, 0.6) is 5.88 Å². The summed E-state index contributed by atoms with van der Waals surface area (Å²) >= 11 is 0. The van der Waals surface area contributed by atoms with Gasteiger partial charge in [-0.1, -0.05) is 19.6 Å². The molecule has 206 valence electrons. The molecule has 0 radical (unpaired) electrons. The van der Waals surface area contributed by atoms with Crippen molar-refractivity contribution in [2.45, 2.75) is 52.4 Å².